The molecule has 0 aliphatic carbocycles. The largest absolute Gasteiger partial charge is 0.206 e. The van der Waals surface area contributed by atoms with Crippen LogP contribution < -0.4 is 4.57 Å². The molecule has 0 bridgehead atoms. The number of nitrogens with zero attached hydrogens (tertiary/aromatic N) is 1. The predicted octanol–water partition coefficient (Wildman–Crippen LogP) is 0.614. The van der Waals surface area contributed by atoms with Gasteiger partial charge in [-0.05, 0) is 0 Å². The first-order valence-corrected chi connectivity index (χ1v) is 2.17. The molecule has 7 heavy (non-hydrogen) atoms. The van der Waals surface area contributed by atoms with Crippen molar-refractivity contribution in [3.63, 3.8) is 0 Å². The van der Waals surface area contributed by atoms with Gasteiger partial charge >= 0.3 is 0 Å². The van der Waals surface area contributed by atoms with Gasteiger partial charge < -0.3 is 0 Å². The van der Waals surface area contributed by atoms with Gasteiger partial charge in [0.1, 0.15) is 0 Å². The first-order chi connectivity index (χ1) is 3.39. The highest BCUT2D eigenvalue weighted by atomic mass is 14.9. The van der Waals surface area contributed by atoms with Crippen molar-refractivity contribution >= 4 is 0 Å². The molecule has 1 nitrogen and oxygen atoms in total. The maximum atomic E-state index is 3.64. The van der Waals surface area contributed by atoms with Gasteiger partial charge in [0.25, 0.3) is 0 Å². The average molecular weight is 93.1 g/mol. The topological polar surface area (TPSA) is 3.88 Å². The quantitative estimate of drug-likeness (QED) is 0.414. The van der Waals surface area contributed by atoms with Crippen molar-refractivity contribution in [2.75, 3.05) is 0 Å². The molecule has 0 aromatic carbocycles. The number of hydrogen-bond donors (Lipinski definition) is 0. The van der Waals surface area contributed by atoms with E-state index in [-0.39, 0.29) is 0 Å². The van der Waals surface area contributed by atoms with Crippen LogP contribution in [-0.2, 0) is 0 Å². The van der Waals surface area contributed by atoms with Crippen molar-refractivity contribution in [1.29, 1.82) is 0 Å². The Kier molecular flexibility index (Phi) is 1.07. The summed E-state index contributed by atoms with van der Waals surface area (Å²) in [5.74, 6) is 0. The summed E-state index contributed by atoms with van der Waals surface area (Å²) in [7, 11) is 3.64. The summed E-state index contributed by atoms with van der Waals surface area (Å²) < 4.78 is 1.75. The Balaban J connectivity index is 3.02. The predicted molar refractivity (Wildman–Crippen MR) is 27.4 cm³/mol. The monoisotopic (exact) mass is 93.1 g/mol. The molecule has 1 heteroatoms. The number of hydrogen-bond acceptors (Lipinski definition) is 0. The van der Waals surface area contributed by atoms with Crippen molar-refractivity contribution in [3.05, 3.63) is 37.6 Å². The summed E-state index contributed by atoms with van der Waals surface area (Å²) in [6.45, 7) is 0. The molecule has 0 spiro atoms. The molecular weight excluding hydrogens is 86.1 g/mol. The number of rotatable bonds is 0. The standard InChI is InChI=1S/C6H7N/c1-7-5-3-2-4-6-7/h2-6H,1H2/q+1. The summed E-state index contributed by atoms with van der Waals surface area (Å²) in [6, 6.07) is 5.84. The Hall–Kier alpha value is -0.850. The molecule has 0 N–H and O–H groups in total. The number of pyridine rings is 1. The van der Waals surface area contributed by atoms with Crippen LogP contribution in [0.1, 0.15) is 0 Å². The van der Waals surface area contributed by atoms with E-state index in [0.717, 1.165) is 0 Å². The lowest BCUT2D eigenvalue weighted by molar-refractivity contribution is -0.612. The van der Waals surface area contributed by atoms with Crippen LogP contribution in [0.4, 0.5) is 0 Å². The van der Waals surface area contributed by atoms with E-state index in [1.807, 2.05) is 30.6 Å². The fourth-order valence-electron chi connectivity index (χ4n) is 0.434. The minimum absolute atomic E-state index is 1.75. The Labute approximate surface area is 43.2 Å². The highest BCUT2D eigenvalue weighted by molar-refractivity contribution is 4.83. The van der Waals surface area contributed by atoms with Crippen molar-refractivity contribution in [2.24, 2.45) is 0 Å². The third-order valence-electron chi connectivity index (χ3n) is 0.777. The molecule has 35 valence electrons. The van der Waals surface area contributed by atoms with E-state index in [2.05, 4.69) is 7.05 Å². The van der Waals surface area contributed by atoms with Gasteiger partial charge in [0, 0.05) is 12.1 Å². The van der Waals surface area contributed by atoms with Gasteiger partial charge in [0.05, 0.1) is 0 Å². The summed E-state index contributed by atoms with van der Waals surface area (Å²) in [5, 5.41) is 0. The van der Waals surface area contributed by atoms with Crippen LogP contribution in [-0.4, -0.2) is 0 Å². The molecule has 1 aromatic heterocycles. The van der Waals surface area contributed by atoms with E-state index < -0.39 is 0 Å². The van der Waals surface area contributed by atoms with Crippen LogP contribution in [0.15, 0.2) is 30.6 Å². The van der Waals surface area contributed by atoms with Gasteiger partial charge in [-0.1, -0.05) is 6.07 Å². The molecule has 0 unspecified atom stereocenters. The highest BCUT2D eigenvalue weighted by Gasteiger charge is 1.79. The second kappa shape index (κ2) is 1.73. The zero-order valence-electron chi connectivity index (χ0n) is 4.04. The van der Waals surface area contributed by atoms with Crippen molar-refractivity contribution in [2.45, 2.75) is 0 Å². The number of aromatic nitrogens is 1. The fourth-order valence-corrected chi connectivity index (χ4v) is 0.434. The second-order valence-electron chi connectivity index (χ2n) is 1.39. The molecule has 1 radical (unpaired) electrons. The SMILES string of the molecule is [CH2][n+]1ccccc1. The van der Waals surface area contributed by atoms with Crippen LogP contribution in [0, 0.1) is 7.05 Å². The molecule has 0 aliphatic heterocycles. The second-order valence-corrected chi connectivity index (χ2v) is 1.39. The molecular formula is C6H7N+. The lowest BCUT2D eigenvalue weighted by atomic mass is 10.5. The van der Waals surface area contributed by atoms with Crippen molar-refractivity contribution in [3.8, 4) is 0 Å². The molecule has 1 heterocycles. The van der Waals surface area contributed by atoms with Gasteiger partial charge in [-0.3, -0.25) is 0 Å². The van der Waals surface area contributed by atoms with Gasteiger partial charge in [-0.15, -0.1) is 0 Å². The van der Waals surface area contributed by atoms with Crippen molar-refractivity contribution < 1.29 is 4.57 Å². The van der Waals surface area contributed by atoms with Crippen LogP contribution in [0.3, 0.4) is 0 Å². The normalized spacial score (nSPS) is 8.71. The highest BCUT2D eigenvalue weighted by Crippen LogP contribution is 1.72. The lowest BCUT2D eigenvalue weighted by Gasteiger charge is -1.76. The Morgan fingerprint density at radius 1 is 1.00 bits per heavy atom. The van der Waals surface area contributed by atoms with E-state index in [1.54, 1.807) is 4.57 Å². The van der Waals surface area contributed by atoms with Crippen LogP contribution >= 0.6 is 0 Å². The lowest BCUT2D eigenvalue weighted by Crippen LogP contribution is -2.22. The van der Waals surface area contributed by atoms with Gasteiger partial charge in [-0.25, -0.2) is 0 Å². The van der Waals surface area contributed by atoms with E-state index in [9.17, 15) is 0 Å². The maximum Gasteiger partial charge on any atom is 0.206 e. The molecule has 1 rings (SSSR count). The average Bonchev–Trinajstić information content (AvgIpc) is 1.69. The summed E-state index contributed by atoms with van der Waals surface area (Å²) in [5.41, 5.74) is 0. The molecule has 0 saturated heterocycles. The Bertz CT molecular complexity index is 134. The first-order valence-electron chi connectivity index (χ1n) is 2.17. The van der Waals surface area contributed by atoms with Gasteiger partial charge in [0.2, 0.25) is 7.05 Å². The van der Waals surface area contributed by atoms with Crippen LogP contribution in [0.5, 0.6) is 0 Å². The zero-order chi connectivity index (χ0) is 5.11. The van der Waals surface area contributed by atoms with E-state index >= 15 is 0 Å². The van der Waals surface area contributed by atoms with E-state index in [0.29, 0.717) is 0 Å². The molecule has 1 aromatic rings. The smallest absolute Gasteiger partial charge is 0.198 e. The molecule has 0 aliphatic rings. The van der Waals surface area contributed by atoms with Crippen molar-refractivity contribution in [1.82, 2.24) is 0 Å². The van der Waals surface area contributed by atoms with Crippen LogP contribution in [0.2, 0.25) is 0 Å². The van der Waals surface area contributed by atoms with E-state index in [1.165, 1.54) is 0 Å². The van der Waals surface area contributed by atoms with Gasteiger partial charge in [0.15, 0.2) is 12.4 Å². The zero-order valence-corrected chi connectivity index (χ0v) is 4.04. The summed E-state index contributed by atoms with van der Waals surface area (Å²) >= 11 is 0. The molecule has 0 amide bonds. The Morgan fingerprint density at radius 2 is 1.57 bits per heavy atom. The van der Waals surface area contributed by atoms with E-state index in [4.69, 9.17) is 0 Å². The minimum Gasteiger partial charge on any atom is -0.198 e. The minimum atomic E-state index is 1.75. The molecule has 0 fully saturated rings. The third kappa shape index (κ3) is 1.000. The van der Waals surface area contributed by atoms with Gasteiger partial charge in [-0.2, -0.15) is 4.57 Å². The Morgan fingerprint density at radius 3 is 1.86 bits per heavy atom. The molecule has 0 atom stereocenters. The van der Waals surface area contributed by atoms with Crippen LogP contribution in [0.25, 0.3) is 0 Å². The summed E-state index contributed by atoms with van der Waals surface area (Å²) in [6.07, 6.45) is 3.78. The summed E-state index contributed by atoms with van der Waals surface area (Å²) in [4.78, 5) is 0. The molecule has 0 saturated carbocycles. The first kappa shape index (κ1) is 4.31. The maximum absolute atomic E-state index is 3.64. The third-order valence-corrected chi connectivity index (χ3v) is 0.777. The fraction of sp³-hybridized carbons (Fsp3) is 0.